The summed E-state index contributed by atoms with van der Waals surface area (Å²) in [6.45, 7) is 6.09. The van der Waals surface area contributed by atoms with Crippen LogP contribution in [-0.2, 0) is 19.0 Å². The van der Waals surface area contributed by atoms with Gasteiger partial charge in [0.25, 0.3) is 0 Å². The fraction of sp³-hybridized carbons (Fsp3) is 0.864. The molecule has 0 aromatic rings. The second-order valence-electron chi connectivity index (χ2n) is 7.97. The first kappa shape index (κ1) is 24.1. The van der Waals surface area contributed by atoms with Gasteiger partial charge in [0.05, 0.1) is 19.3 Å². The van der Waals surface area contributed by atoms with E-state index in [4.69, 9.17) is 9.47 Å². The van der Waals surface area contributed by atoms with E-state index in [1.165, 1.54) is 20.0 Å². The van der Waals surface area contributed by atoms with Crippen molar-refractivity contribution in [3.8, 4) is 0 Å². The van der Waals surface area contributed by atoms with E-state index >= 15 is 0 Å². The molecule has 3 atom stereocenters. The number of hydrogen-bond acceptors (Lipinski definition) is 5. The summed E-state index contributed by atoms with van der Waals surface area (Å²) in [4.78, 5) is 11.0. The summed E-state index contributed by atoms with van der Waals surface area (Å²) in [5.41, 5.74) is 0. The first-order valence-corrected chi connectivity index (χ1v) is 10.7. The van der Waals surface area contributed by atoms with Crippen LogP contribution in [0.1, 0.15) is 91.4 Å². The average Bonchev–Trinajstić information content (AvgIpc) is 2.92. The Morgan fingerprint density at radius 3 is 2.52 bits per heavy atom. The van der Waals surface area contributed by atoms with E-state index in [1.54, 1.807) is 0 Å². The summed E-state index contributed by atoms with van der Waals surface area (Å²) < 4.78 is 16.6. The maximum atomic E-state index is 11.0. The van der Waals surface area contributed by atoms with Gasteiger partial charge in [0.2, 0.25) is 0 Å². The Balaban J connectivity index is 2.22. The minimum atomic E-state index is -0.555. The van der Waals surface area contributed by atoms with Crippen molar-refractivity contribution in [2.75, 3.05) is 7.11 Å². The average molecular weight is 385 g/mol. The maximum absolute atomic E-state index is 11.0. The van der Waals surface area contributed by atoms with Crippen LogP contribution in [0.3, 0.4) is 0 Å². The highest BCUT2D eigenvalue weighted by atomic mass is 16.7. The van der Waals surface area contributed by atoms with Gasteiger partial charge in [-0.05, 0) is 33.1 Å². The van der Waals surface area contributed by atoms with Crippen molar-refractivity contribution in [2.45, 2.75) is 115 Å². The van der Waals surface area contributed by atoms with E-state index in [0.717, 1.165) is 51.4 Å². The Hall–Kier alpha value is -0.910. The summed E-state index contributed by atoms with van der Waals surface area (Å²) >= 11 is 0. The lowest BCUT2D eigenvalue weighted by Gasteiger charge is -2.16. The number of unbranched alkanes of at least 4 members (excludes halogenated alkanes) is 6. The standard InChI is InChI=1S/C22H40O5/c1-5-6-10-14-19-20(27-22(2,3)26-19)17-16-18(23)13-11-8-7-9-12-15-21(24)25-4/h16-20,23H,5-15H2,1-4H3/b17-16+/t18-,19+,20+/m1/s1. The molecular formula is C22H40O5. The molecule has 0 radical (unpaired) electrons. The minimum Gasteiger partial charge on any atom is -0.469 e. The first-order valence-electron chi connectivity index (χ1n) is 10.7. The Morgan fingerprint density at radius 1 is 1.11 bits per heavy atom. The van der Waals surface area contributed by atoms with Gasteiger partial charge >= 0.3 is 5.97 Å². The second kappa shape index (κ2) is 13.3. The molecule has 0 aliphatic carbocycles. The van der Waals surface area contributed by atoms with Gasteiger partial charge in [-0.15, -0.1) is 0 Å². The van der Waals surface area contributed by atoms with Gasteiger partial charge in [-0.1, -0.05) is 64.0 Å². The lowest BCUT2D eigenvalue weighted by Crippen LogP contribution is -2.21. The molecule has 0 bridgehead atoms. The Labute approximate surface area is 165 Å². The van der Waals surface area contributed by atoms with Gasteiger partial charge in [0.15, 0.2) is 5.79 Å². The quantitative estimate of drug-likeness (QED) is 0.262. The van der Waals surface area contributed by atoms with Crippen molar-refractivity contribution in [2.24, 2.45) is 0 Å². The Bertz CT molecular complexity index is 432. The van der Waals surface area contributed by atoms with Gasteiger partial charge < -0.3 is 19.3 Å². The zero-order valence-electron chi connectivity index (χ0n) is 17.7. The van der Waals surface area contributed by atoms with Crippen LogP contribution in [0.4, 0.5) is 0 Å². The zero-order chi connectivity index (χ0) is 20.1. The molecule has 1 rings (SSSR count). The molecular weight excluding hydrogens is 344 g/mol. The van der Waals surface area contributed by atoms with Crippen molar-refractivity contribution in [3.05, 3.63) is 12.2 Å². The highest BCUT2D eigenvalue weighted by molar-refractivity contribution is 5.68. The SMILES string of the molecule is CCCCC[C@@H]1OC(C)(C)O[C@H]1/C=C/[C@H](O)CCCCCCCC(=O)OC. The van der Waals surface area contributed by atoms with Crippen LogP contribution in [0.5, 0.6) is 0 Å². The molecule has 0 amide bonds. The van der Waals surface area contributed by atoms with Crippen LogP contribution < -0.4 is 0 Å². The summed E-state index contributed by atoms with van der Waals surface area (Å²) in [6, 6.07) is 0. The number of hydrogen-bond donors (Lipinski definition) is 1. The Morgan fingerprint density at radius 2 is 1.81 bits per heavy atom. The predicted octanol–water partition coefficient (Wildman–Crippen LogP) is 4.91. The van der Waals surface area contributed by atoms with E-state index in [0.29, 0.717) is 6.42 Å². The van der Waals surface area contributed by atoms with Crippen molar-refractivity contribution in [1.82, 2.24) is 0 Å². The van der Waals surface area contributed by atoms with E-state index in [2.05, 4.69) is 11.7 Å². The van der Waals surface area contributed by atoms with Crippen molar-refractivity contribution in [1.29, 1.82) is 0 Å². The molecule has 0 spiro atoms. The van der Waals surface area contributed by atoms with E-state index in [-0.39, 0.29) is 18.2 Å². The fourth-order valence-electron chi connectivity index (χ4n) is 3.43. The van der Waals surface area contributed by atoms with E-state index in [9.17, 15) is 9.90 Å². The summed E-state index contributed by atoms with van der Waals surface area (Å²) in [6.07, 6.45) is 14.2. The lowest BCUT2D eigenvalue weighted by molar-refractivity contribution is -0.143. The first-order chi connectivity index (χ1) is 12.9. The predicted molar refractivity (Wildman–Crippen MR) is 107 cm³/mol. The molecule has 0 aromatic carbocycles. The van der Waals surface area contributed by atoms with Crippen LogP contribution in [-0.4, -0.2) is 42.3 Å². The van der Waals surface area contributed by atoms with Crippen LogP contribution >= 0.6 is 0 Å². The second-order valence-corrected chi connectivity index (χ2v) is 7.97. The molecule has 1 aliphatic rings. The topological polar surface area (TPSA) is 65.0 Å². The largest absolute Gasteiger partial charge is 0.469 e. The third-order valence-corrected chi connectivity index (χ3v) is 4.95. The van der Waals surface area contributed by atoms with Crippen molar-refractivity contribution < 1.29 is 24.1 Å². The van der Waals surface area contributed by atoms with Gasteiger partial charge in [0.1, 0.15) is 6.10 Å². The van der Waals surface area contributed by atoms with Crippen molar-refractivity contribution in [3.63, 3.8) is 0 Å². The van der Waals surface area contributed by atoms with Gasteiger partial charge in [-0.3, -0.25) is 4.79 Å². The number of esters is 1. The molecule has 1 fully saturated rings. The van der Waals surface area contributed by atoms with Crippen molar-refractivity contribution >= 4 is 5.97 Å². The van der Waals surface area contributed by atoms with Crippen LogP contribution in [0.15, 0.2) is 12.2 Å². The zero-order valence-corrected chi connectivity index (χ0v) is 17.7. The van der Waals surface area contributed by atoms with Gasteiger partial charge in [0, 0.05) is 6.42 Å². The molecule has 1 heterocycles. The number of aliphatic hydroxyl groups is 1. The molecule has 158 valence electrons. The number of aliphatic hydroxyl groups excluding tert-OH is 1. The third-order valence-electron chi connectivity index (χ3n) is 4.95. The molecule has 0 aromatic heterocycles. The Kier molecular flexibility index (Phi) is 11.9. The monoisotopic (exact) mass is 384 g/mol. The molecule has 5 heteroatoms. The number of ether oxygens (including phenoxy) is 3. The third kappa shape index (κ3) is 10.9. The molecule has 1 saturated heterocycles. The smallest absolute Gasteiger partial charge is 0.305 e. The minimum absolute atomic E-state index is 0.0739. The van der Waals surface area contributed by atoms with Crippen LogP contribution in [0, 0.1) is 0 Å². The van der Waals surface area contributed by atoms with E-state index < -0.39 is 11.9 Å². The van der Waals surface area contributed by atoms with Gasteiger partial charge in [-0.2, -0.15) is 0 Å². The number of carbonyl (C=O) groups excluding carboxylic acids is 1. The summed E-state index contributed by atoms with van der Waals surface area (Å²) in [5, 5.41) is 10.2. The highest BCUT2D eigenvalue weighted by Gasteiger charge is 2.39. The normalized spacial score (nSPS) is 23.0. The molecule has 0 saturated carbocycles. The van der Waals surface area contributed by atoms with E-state index in [1.807, 2.05) is 26.0 Å². The number of methoxy groups -OCH3 is 1. The molecule has 27 heavy (non-hydrogen) atoms. The highest BCUT2D eigenvalue weighted by Crippen LogP contribution is 2.31. The fourth-order valence-corrected chi connectivity index (χ4v) is 3.43. The molecule has 1 aliphatic heterocycles. The number of carbonyl (C=O) groups is 1. The lowest BCUT2D eigenvalue weighted by atomic mass is 10.0. The van der Waals surface area contributed by atoms with Crippen LogP contribution in [0.25, 0.3) is 0 Å². The van der Waals surface area contributed by atoms with Gasteiger partial charge in [-0.25, -0.2) is 0 Å². The molecule has 0 unspecified atom stereocenters. The summed E-state index contributed by atoms with van der Waals surface area (Å²) in [5.74, 6) is -0.689. The van der Waals surface area contributed by atoms with Crippen LogP contribution in [0.2, 0.25) is 0 Å². The molecule has 1 N–H and O–H groups in total. The number of rotatable bonds is 14. The molecule has 5 nitrogen and oxygen atoms in total. The maximum Gasteiger partial charge on any atom is 0.305 e. The summed E-state index contributed by atoms with van der Waals surface area (Å²) in [7, 11) is 1.42.